The molecule has 2 fully saturated rings. The number of rotatable bonds is 8. The van der Waals surface area contributed by atoms with Gasteiger partial charge in [0.1, 0.15) is 5.82 Å². The van der Waals surface area contributed by atoms with E-state index in [0.717, 1.165) is 49.9 Å². The van der Waals surface area contributed by atoms with Gasteiger partial charge in [-0.3, -0.25) is 4.79 Å². The van der Waals surface area contributed by atoms with E-state index >= 15 is 0 Å². The Morgan fingerprint density at radius 2 is 1.58 bits per heavy atom. The molecule has 5 nitrogen and oxygen atoms in total. The van der Waals surface area contributed by atoms with Crippen molar-refractivity contribution in [1.29, 1.82) is 0 Å². The maximum atomic E-state index is 13.2. The van der Waals surface area contributed by atoms with E-state index in [2.05, 4.69) is 74.3 Å². The smallest absolute Gasteiger partial charge is 0.235 e. The lowest BCUT2D eigenvalue weighted by Gasteiger charge is -2.33. The van der Waals surface area contributed by atoms with Crippen LogP contribution in [0.5, 0.6) is 0 Å². The Hall–Kier alpha value is -2.60. The fraction of sp³-hybridized carbons (Fsp3) is 0.444. The van der Waals surface area contributed by atoms with Crippen LogP contribution in [0.4, 0.5) is 0 Å². The van der Waals surface area contributed by atoms with Crippen LogP contribution in [0.25, 0.3) is 0 Å². The van der Waals surface area contributed by atoms with E-state index in [0.29, 0.717) is 11.8 Å². The van der Waals surface area contributed by atoms with Crippen molar-refractivity contribution >= 4 is 17.7 Å². The Morgan fingerprint density at radius 3 is 2.21 bits per heavy atom. The highest BCUT2D eigenvalue weighted by molar-refractivity contribution is 8.00. The number of hydrogen-bond acceptors (Lipinski definition) is 4. The molecule has 1 atom stereocenters. The second-order valence-electron chi connectivity index (χ2n) is 9.41. The molecule has 0 unspecified atom stereocenters. The Balaban J connectivity index is 1.20. The largest absolute Gasteiger partial charge is 0.342 e. The first-order valence-electron chi connectivity index (χ1n) is 12.1. The minimum absolute atomic E-state index is 0.165. The topological polar surface area (TPSA) is 51.0 Å². The molecule has 5 rings (SSSR count). The first-order chi connectivity index (χ1) is 16.2. The number of piperidine rings is 1. The molecule has 1 saturated heterocycles. The van der Waals surface area contributed by atoms with Gasteiger partial charge < -0.3 is 9.47 Å². The molecule has 1 aliphatic heterocycles. The maximum absolute atomic E-state index is 13.2. The Labute approximate surface area is 200 Å². The predicted molar refractivity (Wildman–Crippen MR) is 132 cm³/mol. The van der Waals surface area contributed by atoms with Crippen molar-refractivity contribution in [3.05, 3.63) is 77.6 Å². The van der Waals surface area contributed by atoms with Crippen molar-refractivity contribution in [1.82, 2.24) is 19.7 Å². The number of carbonyl (C=O) groups excluding carboxylic acids is 1. The molecule has 0 N–H and O–H groups in total. The Kier molecular flexibility index (Phi) is 6.81. The van der Waals surface area contributed by atoms with Crippen LogP contribution in [-0.2, 0) is 17.8 Å². The summed E-state index contributed by atoms with van der Waals surface area (Å²) in [6, 6.07) is 21.1. The number of nitrogens with zero attached hydrogens (tertiary/aromatic N) is 4. The number of likely N-dealkylation sites (tertiary alicyclic amines) is 1. The lowest BCUT2D eigenvalue weighted by molar-refractivity contribution is -0.131. The average Bonchev–Trinajstić information content (AvgIpc) is 3.63. The van der Waals surface area contributed by atoms with Crippen LogP contribution in [0, 0.1) is 5.92 Å². The second kappa shape index (κ2) is 10.1. The van der Waals surface area contributed by atoms with Gasteiger partial charge >= 0.3 is 0 Å². The zero-order valence-electron chi connectivity index (χ0n) is 19.3. The van der Waals surface area contributed by atoms with E-state index in [4.69, 9.17) is 0 Å². The maximum Gasteiger partial charge on any atom is 0.235 e. The van der Waals surface area contributed by atoms with Crippen molar-refractivity contribution in [3.63, 3.8) is 0 Å². The monoisotopic (exact) mass is 460 g/mol. The van der Waals surface area contributed by atoms with Crippen molar-refractivity contribution in [2.45, 2.75) is 61.9 Å². The summed E-state index contributed by atoms with van der Waals surface area (Å²) in [5, 5.41) is 9.72. The summed E-state index contributed by atoms with van der Waals surface area (Å²) >= 11 is 1.56. The van der Waals surface area contributed by atoms with Crippen molar-refractivity contribution in [2.75, 3.05) is 13.1 Å². The SMILES string of the molecule is C[C@@H](Sc1nnc(C2CC2)n1Cc1ccccc1)C(=O)N1CCC(Cc2ccccc2)CC1. The third-order valence-corrected chi connectivity index (χ3v) is 7.86. The summed E-state index contributed by atoms with van der Waals surface area (Å²) in [7, 11) is 0. The number of hydrogen-bond donors (Lipinski definition) is 0. The highest BCUT2D eigenvalue weighted by Gasteiger charge is 2.32. The third-order valence-electron chi connectivity index (χ3n) is 6.79. The standard InChI is InChI=1S/C27H32N4OS/c1-20(26(32)30-16-14-22(15-17-30)18-21-8-4-2-5-9-21)33-27-29-28-25(24-12-13-24)31(27)19-23-10-6-3-7-11-23/h2-11,20,22,24H,12-19H2,1H3/t20-/m1/s1. The summed E-state index contributed by atoms with van der Waals surface area (Å²) < 4.78 is 2.23. The molecule has 1 amide bonds. The van der Waals surface area contributed by atoms with Gasteiger partial charge in [0.05, 0.1) is 11.8 Å². The molecule has 2 aromatic carbocycles. The third kappa shape index (κ3) is 5.49. The van der Waals surface area contributed by atoms with Gasteiger partial charge in [0.15, 0.2) is 5.16 Å². The van der Waals surface area contributed by atoms with Crippen LogP contribution in [0.1, 0.15) is 55.5 Å². The van der Waals surface area contributed by atoms with Crippen LogP contribution in [0.2, 0.25) is 0 Å². The highest BCUT2D eigenvalue weighted by Crippen LogP contribution is 2.40. The van der Waals surface area contributed by atoms with Crippen molar-refractivity contribution in [2.24, 2.45) is 5.92 Å². The van der Waals surface area contributed by atoms with Crippen molar-refractivity contribution in [3.8, 4) is 0 Å². The lowest BCUT2D eigenvalue weighted by atomic mass is 9.90. The van der Waals surface area contributed by atoms with Gasteiger partial charge in [-0.1, -0.05) is 72.4 Å². The van der Waals surface area contributed by atoms with Gasteiger partial charge in [0.2, 0.25) is 5.91 Å². The number of benzene rings is 2. The van der Waals surface area contributed by atoms with Gasteiger partial charge in [-0.25, -0.2) is 0 Å². The molecule has 0 bridgehead atoms. The number of aromatic nitrogens is 3. The molecule has 6 heteroatoms. The molecule has 33 heavy (non-hydrogen) atoms. The molecule has 1 saturated carbocycles. The van der Waals surface area contributed by atoms with Crippen LogP contribution in [0.3, 0.4) is 0 Å². The van der Waals surface area contributed by atoms with E-state index in [1.54, 1.807) is 11.8 Å². The summed E-state index contributed by atoms with van der Waals surface area (Å²) in [5.41, 5.74) is 2.64. The highest BCUT2D eigenvalue weighted by atomic mass is 32.2. The summed E-state index contributed by atoms with van der Waals surface area (Å²) in [6.45, 7) is 4.48. The van der Waals surface area contributed by atoms with Gasteiger partial charge in [-0.15, -0.1) is 10.2 Å². The minimum atomic E-state index is -0.165. The van der Waals surface area contributed by atoms with E-state index in [1.165, 1.54) is 24.0 Å². The van der Waals surface area contributed by atoms with E-state index in [-0.39, 0.29) is 11.2 Å². The van der Waals surface area contributed by atoms with Crippen molar-refractivity contribution < 1.29 is 4.79 Å². The molecule has 172 valence electrons. The Bertz CT molecular complexity index is 1060. The van der Waals surface area contributed by atoms with Crippen LogP contribution in [-0.4, -0.2) is 43.9 Å². The quantitative estimate of drug-likeness (QED) is 0.436. The Morgan fingerprint density at radius 1 is 0.939 bits per heavy atom. The molecule has 2 aliphatic rings. The predicted octanol–water partition coefficient (Wildman–Crippen LogP) is 5.17. The lowest BCUT2D eigenvalue weighted by Crippen LogP contribution is -2.42. The molecule has 0 radical (unpaired) electrons. The average molecular weight is 461 g/mol. The fourth-order valence-corrected chi connectivity index (χ4v) is 5.66. The number of thioether (sulfide) groups is 1. The minimum Gasteiger partial charge on any atom is -0.342 e. The molecule has 2 heterocycles. The normalized spacial score (nSPS) is 17.8. The van der Waals surface area contributed by atoms with E-state index in [1.807, 2.05) is 13.0 Å². The number of carbonyl (C=O) groups is 1. The molecule has 1 aliphatic carbocycles. The first-order valence-corrected chi connectivity index (χ1v) is 13.0. The second-order valence-corrected chi connectivity index (χ2v) is 10.7. The van der Waals surface area contributed by atoms with Gasteiger partial charge in [0, 0.05) is 19.0 Å². The first kappa shape index (κ1) is 22.2. The zero-order valence-corrected chi connectivity index (χ0v) is 20.1. The van der Waals surface area contributed by atoms with Crippen LogP contribution < -0.4 is 0 Å². The molecular formula is C27H32N4OS. The van der Waals surface area contributed by atoms with E-state index < -0.39 is 0 Å². The van der Waals surface area contributed by atoms with Gasteiger partial charge in [0.25, 0.3) is 0 Å². The van der Waals surface area contributed by atoms with Gasteiger partial charge in [-0.05, 0) is 56.1 Å². The summed E-state index contributed by atoms with van der Waals surface area (Å²) in [4.78, 5) is 15.3. The van der Waals surface area contributed by atoms with Crippen LogP contribution >= 0.6 is 11.8 Å². The summed E-state index contributed by atoms with van der Waals surface area (Å²) in [5.74, 6) is 2.47. The summed E-state index contributed by atoms with van der Waals surface area (Å²) in [6.07, 6.45) is 5.63. The number of amides is 1. The molecule has 1 aromatic heterocycles. The van der Waals surface area contributed by atoms with E-state index in [9.17, 15) is 4.79 Å². The zero-order chi connectivity index (χ0) is 22.6. The molecule has 0 spiro atoms. The van der Waals surface area contributed by atoms with Crippen LogP contribution in [0.15, 0.2) is 65.8 Å². The molecular weight excluding hydrogens is 428 g/mol. The molecule has 3 aromatic rings. The fourth-order valence-electron chi connectivity index (χ4n) is 4.72. The van der Waals surface area contributed by atoms with Gasteiger partial charge in [-0.2, -0.15) is 0 Å².